The molecule has 0 aromatic carbocycles. The normalized spacial score (nSPS) is 20.5. The summed E-state index contributed by atoms with van der Waals surface area (Å²) in [5.74, 6) is 0. The highest BCUT2D eigenvalue weighted by Gasteiger charge is 2.26. The lowest BCUT2D eigenvalue weighted by Crippen LogP contribution is -2.32. The van der Waals surface area contributed by atoms with Gasteiger partial charge in [-0.2, -0.15) is 0 Å². The molecule has 3 aromatic rings. The minimum absolute atomic E-state index is 0.161. The topological polar surface area (TPSA) is 63.8 Å². The van der Waals surface area contributed by atoms with Crippen molar-refractivity contribution in [2.45, 2.75) is 37.8 Å². The van der Waals surface area contributed by atoms with Gasteiger partial charge >= 0.3 is 0 Å². The van der Waals surface area contributed by atoms with Crippen molar-refractivity contribution in [3.05, 3.63) is 76.7 Å². The van der Waals surface area contributed by atoms with Crippen LogP contribution in [0.3, 0.4) is 0 Å². The van der Waals surface area contributed by atoms with Crippen LogP contribution < -0.4 is 5.32 Å². The lowest BCUT2D eigenvalue weighted by molar-refractivity contribution is 0.321. The van der Waals surface area contributed by atoms with E-state index in [1.807, 2.05) is 24.3 Å². The first-order chi connectivity index (χ1) is 12.3. The highest BCUT2D eigenvalue weighted by molar-refractivity contribution is 6.31. The molecule has 0 amide bonds. The molecule has 4 rings (SSSR count). The summed E-state index contributed by atoms with van der Waals surface area (Å²) in [5.41, 5.74) is 3.86. The van der Waals surface area contributed by atoms with E-state index in [-0.39, 0.29) is 12.1 Å². The molecule has 0 radical (unpaired) electrons. The van der Waals surface area contributed by atoms with Crippen LogP contribution in [-0.4, -0.2) is 15.1 Å². The molecule has 0 saturated carbocycles. The molecule has 1 fully saturated rings. The zero-order chi connectivity index (χ0) is 17.1. The Morgan fingerprint density at radius 2 is 2.00 bits per heavy atom. The molecule has 0 bridgehead atoms. The number of halogens is 1. The molecule has 0 spiro atoms. The van der Waals surface area contributed by atoms with Gasteiger partial charge in [0.2, 0.25) is 0 Å². The highest BCUT2D eigenvalue weighted by Crippen LogP contribution is 2.33. The smallest absolute Gasteiger partial charge is 0.124 e. The maximum Gasteiger partial charge on any atom is 0.124 e. The largest absolute Gasteiger partial charge is 0.364 e. The quantitative estimate of drug-likeness (QED) is 0.758. The van der Waals surface area contributed by atoms with Crippen molar-refractivity contribution in [3.8, 4) is 0 Å². The molecule has 2 unspecified atom stereocenters. The molecule has 1 aliphatic rings. The molecule has 0 aliphatic carbocycles. The fourth-order valence-electron chi connectivity index (χ4n) is 3.34. The van der Waals surface area contributed by atoms with Crippen molar-refractivity contribution in [2.75, 3.05) is 0 Å². The Hall–Kier alpha value is -2.24. The molecule has 1 aliphatic heterocycles. The van der Waals surface area contributed by atoms with E-state index in [1.54, 1.807) is 12.5 Å². The predicted molar refractivity (Wildman–Crippen MR) is 95.3 cm³/mol. The first-order valence-corrected chi connectivity index (χ1v) is 8.89. The maximum absolute atomic E-state index is 6.32. The van der Waals surface area contributed by atoms with E-state index in [4.69, 9.17) is 21.1 Å². The van der Waals surface area contributed by atoms with E-state index in [1.165, 1.54) is 0 Å². The van der Waals surface area contributed by atoms with Crippen molar-refractivity contribution >= 4 is 11.6 Å². The number of nitrogens with zero attached hydrogens (tertiary/aromatic N) is 3. The number of hydrogen-bond donors (Lipinski definition) is 1. The Morgan fingerprint density at radius 1 is 1.08 bits per heavy atom. The molecular weight excluding hydrogens is 336 g/mol. The first kappa shape index (κ1) is 16.2. The van der Waals surface area contributed by atoms with Crippen molar-refractivity contribution in [3.63, 3.8) is 0 Å². The molecule has 3 aromatic heterocycles. The van der Waals surface area contributed by atoms with Crippen LogP contribution in [0.2, 0.25) is 5.02 Å². The van der Waals surface area contributed by atoms with Crippen molar-refractivity contribution < 1.29 is 4.52 Å². The molecule has 1 N–H and O–H groups in total. The minimum Gasteiger partial charge on any atom is -0.364 e. The van der Waals surface area contributed by atoms with Gasteiger partial charge in [-0.3, -0.25) is 9.97 Å². The van der Waals surface area contributed by atoms with Gasteiger partial charge in [-0.1, -0.05) is 22.8 Å². The van der Waals surface area contributed by atoms with Crippen LogP contribution in [0.5, 0.6) is 0 Å². The Balaban J connectivity index is 1.52. The Morgan fingerprint density at radius 3 is 2.84 bits per heavy atom. The number of hydrogen-bond acceptors (Lipinski definition) is 5. The van der Waals surface area contributed by atoms with Crippen LogP contribution >= 0.6 is 11.6 Å². The number of aromatic nitrogens is 3. The Labute approximate surface area is 151 Å². The van der Waals surface area contributed by atoms with Crippen LogP contribution in [0.1, 0.15) is 54.1 Å². The Kier molecular flexibility index (Phi) is 4.76. The summed E-state index contributed by atoms with van der Waals surface area (Å²) in [7, 11) is 0. The molecule has 1 saturated heterocycles. The second kappa shape index (κ2) is 7.33. The van der Waals surface area contributed by atoms with E-state index < -0.39 is 0 Å². The average Bonchev–Trinajstić information content (AvgIpc) is 3.15. The summed E-state index contributed by atoms with van der Waals surface area (Å²) < 4.78 is 4.90. The van der Waals surface area contributed by atoms with Gasteiger partial charge in [0.25, 0.3) is 0 Å². The van der Waals surface area contributed by atoms with Crippen molar-refractivity contribution in [1.82, 2.24) is 20.4 Å². The third-order valence-corrected chi connectivity index (χ3v) is 4.86. The van der Waals surface area contributed by atoms with Crippen LogP contribution in [0.15, 0.2) is 53.4 Å². The third-order valence-electron chi connectivity index (χ3n) is 4.54. The van der Waals surface area contributed by atoms with Gasteiger partial charge in [0.15, 0.2) is 0 Å². The van der Waals surface area contributed by atoms with Gasteiger partial charge in [-0.25, -0.2) is 0 Å². The summed E-state index contributed by atoms with van der Waals surface area (Å²) in [6, 6.07) is 12.1. The van der Waals surface area contributed by atoms with Crippen molar-refractivity contribution in [2.24, 2.45) is 0 Å². The summed E-state index contributed by atoms with van der Waals surface area (Å²) in [5, 5.41) is 8.35. The molecule has 128 valence electrons. The van der Waals surface area contributed by atoms with Gasteiger partial charge in [-0.15, -0.1) is 0 Å². The van der Waals surface area contributed by atoms with Crippen LogP contribution in [-0.2, 0) is 6.42 Å². The maximum atomic E-state index is 6.32. The monoisotopic (exact) mass is 354 g/mol. The minimum atomic E-state index is 0.161. The average molecular weight is 355 g/mol. The van der Waals surface area contributed by atoms with E-state index in [9.17, 15) is 0 Å². The highest BCUT2D eigenvalue weighted by atomic mass is 35.5. The van der Waals surface area contributed by atoms with E-state index in [2.05, 4.69) is 27.6 Å². The van der Waals surface area contributed by atoms with Gasteiger partial charge in [0.05, 0.1) is 28.1 Å². The number of rotatable bonds is 4. The van der Waals surface area contributed by atoms with Gasteiger partial charge < -0.3 is 9.84 Å². The summed E-state index contributed by atoms with van der Waals surface area (Å²) >= 11 is 6.32. The molecule has 6 heteroatoms. The second-order valence-corrected chi connectivity index (χ2v) is 6.70. The van der Waals surface area contributed by atoms with Gasteiger partial charge in [0, 0.05) is 30.4 Å². The molecule has 25 heavy (non-hydrogen) atoms. The second-order valence-electron chi connectivity index (χ2n) is 6.29. The zero-order valence-corrected chi connectivity index (χ0v) is 14.5. The summed E-state index contributed by atoms with van der Waals surface area (Å²) in [4.78, 5) is 9.29. The number of nitrogens with one attached hydrogen (secondary N) is 1. The summed E-state index contributed by atoms with van der Waals surface area (Å²) in [6.07, 6.45) is 7.26. The Bertz CT molecular complexity index is 837. The lowest BCUT2D eigenvalue weighted by Gasteiger charge is -2.31. The zero-order valence-electron chi connectivity index (χ0n) is 13.7. The number of pyridine rings is 2. The van der Waals surface area contributed by atoms with Crippen LogP contribution in [0, 0.1) is 0 Å². The SMILES string of the molecule is Clc1cccnc1C1CCCC(c2cccc(Cc3ccon3)n2)N1. The first-order valence-electron chi connectivity index (χ1n) is 8.51. The van der Waals surface area contributed by atoms with Crippen LogP contribution in [0.25, 0.3) is 0 Å². The molecule has 5 nitrogen and oxygen atoms in total. The molecular formula is C19H19ClN4O. The number of piperidine rings is 1. The standard InChI is InChI=1S/C19H19ClN4O/c20-15-5-3-10-21-19(15)18-8-2-7-17(23-18)16-6-1-4-13(22-16)12-14-9-11-25-24-14/h1,3-6,9-11,17-18,23H,2,7-8,12H2. The van der Waals surface area contributed by atoms with Gasteiger partial charge in [0.1, 0.15) is 6.26 Å². The molecule has 4 heterocycles. The van der Waals surface area contributed by atoms with E-state index in [0.29, 0.717) is 11.4 Å². The van der Waals surface area contributed by atoms with E-state index in [0.717, 1.165) is 42.0 Å². The summed E-state index contributed by atoms with van der Waals surface area (Å²) in [6.45, 7) is 0. The predicted octanol–water partition coefficient (Wildman–Crippen LogP) is 4.26. The third kappa shape index (κ3) is 3.72. The van der Waals surface area contributed by atoms with E-state index >= 15 is 0 Å². The van der Waals surface area contributed by atoms with Crippen LogP contribution in [0.4, 0.5) is 0 Å². The fourth-order valence-corrected chi connectivity index (χ4v) is 3.60. The van der Waals surface area contributed by atoms with Gasteiger partial charge in [-0.05, 0) is 43.5 Å². The van der Waals surface area contributed by atoms with Crippen molar-refractivity contribution in [1.29, 1.82) is 0 Å². The fraction of sp³-hybridized carbons (Fsp3) is 0.316. The molecule has 2 atom stereocenters. The lowest BCUT2D eigenvalue weighted by atomic mass is 9.94.